The molecule has 2 N–H and O–H groups in total. The van der Waals surface area contributed by atoms with Crippen LogP contribution in [-0.2, 0) is 0 Å². The summed E-state index contributed by atoms with van der Waals surface area (Å²) in [6.45, 7) is 4.64. The van der Waals surface area contributed by atoms with E-state index in [2.05, 4.69) is 26.9 Å². The molecule has 2 aromatic rings. The van der Waals surface area contributed by atoms with Gasteiger partial charge >= 0.3 is 0 Å². The van der Waals surface area contributed by atoms with Crippen molar-refractivity contribution in [2.45, 2.75) is 13.8 Å². The fourth-order valence-electron chi connectivity index (χ4n) is 1.72. The number of benzene rings is 1. The quantitative estimate of drug-likeness (QED) is 0.884. The molecule has 1 aromatic heterocycles. The SMILES string of the molecule is CC(C)CNC(=O)c1ccc(Nc2cccc(C#N)c2)nn1. The second-order valence-electron chi connectivity index (χ2n) is 5.23. The maximum absolute atomic E-state index is 11.8. The van der Waals surface area contributed by atoms with Crippen LogP contribution < -0.4 is 10.6 Å². The summed E-state index contributed by atoms with van der Waals surface area (Å²) < 4.78 is 0. The predicted molar refractivity (Wildman–Crippen MR) is 83.6 cm³/mol. The van der Waals surface area contributed by atoms with E-state index in [0.29, 0.717) is 23.8 Å². The van der Waals surface area contributed by atoms with Crippen LogP contribution in [0.3, 0.4) is 0 Å². The number of hydrogen-bond acceptors (Lipinski definition) is 5. The van der Waals surface area contributed by atoms with Crippen molar-refractivity contribution in [3.05, 3.63) is 47.7 Å². The van der Waals surface area contributed by atoms with Crippen LogP contribution >= 0.6 is 0 Å². The fraction of sp³-hybridized carbons (Fsp3) is 0.250. The van der Waals surface area contributed by atoms with Crippen LogP contribution in [0.2, 0.25) is 0 Å². The second-order valence-corrected chi connectivity index (χ2v) is 5.23. The van der Waals surface area contributed by atoms with E-state index in [4.69, 9.17) is 5.26 Å². The lowest BCUT2D eigenvalue weighted by atomic mass is 10.2. The first-order valence-electron chi connectivity index (χ1n) is 6.97. The van der Waals surface area contributed by atoms with E-state index in [0.717, 1.165) is 5.69 Å². The van der Waals surface area contributed by atoms with Gasteiger partial charge in [0.25, 0.3) is 5.91 Å². The average Bonchev–Trinajstić information content (AvgIpc) is 2.53. The molecule has 0 saturated carbocycles. The minimum absolute atomic E-state index is 0.237. The highest BCUT2D eigenvalue weighted by molar-refractivity contribution is 5.92. The van der Waals surface area contributed by atoms with Crippen LogP contribution in [0.5, 0.6) is 0 Å². The molecule has 1 amide bonds. The number of hydrogen-bond donors (Lipinski definition) is 2. The number of amides is 1. The van der Waals surface area contributed by atoms with Crippen molar-refractivity contribution in [3.63, 3.8) is 0 Å². The Labute approximate surface area is 129 Å². The Bertz CT molecular complexity index is 688. The van der Waals surface area contributed by atoms with Crippen LogP contribution in [-0.4, -0.2) is 22.6 Å². The highest BCUT2D eigenvalue weighted by Gasteiger charge is 2.08. The zero-order valence-corrected chi connectivity index (χ0v) is 12.5. The molecule has 0 saturated heterocycles. The van der Waals surface area contributed by atoms with Gasteiger partial charge < -0.3 is 10.6 Å². The van der Waals surface area contributed by atoms with Gasteiger partial charge in [0.2, 0.25) is 0 Å². The predicted octanol–water partition coefficient (Wildman–Crippen LogP) is 2.48. The number of carbonyl (C=O) groups excluding carboxylic acids is 1. The van der Waals surface area contributed by atoms with Gasteiger partial charge in [-0.2, -0.15) is 5.26 Å². The maximum atomic E-state index is 11.8. The molecular formula is C16H17N5O. The van der Waals surface area contributed by atoms with Crippen molar-refractivity contribution in [1.29, 1.82) is 5.26 Å². The summed E-state index contributed by atoms with van der Waals surface area (Å²) in [6.07, 6.45) is 0. The van der Waals surface area contributed by atoms with Gasteiger partial charge in [0.15, 0.2) is 11.5 Å². The van der Waals surface area contributed by atoms with Gasteiger partial charge in [-0.05, 0) is 36.2 Å². The first-order valence-corrected chi connectivity index (χ1v) is 6.97. The molecule has 1 heterocycles. The van der Waals surface area contributed by atoms with Crippen LogP contribution in [0, 0.1) is 17.2 Å². The molecule has 0 unspecified atom stereocenters. The monoisotopic (exact) mass is 295 g/mol. The molecule has 0 aliphatic rings. The third-order valence-corrected chi connectivity index (χ3v) is 2.83. The summed E-state index contributed by atoms with van der Waals surface area (Å²) in [7, 11) is 0. The van der Waals surface area contributed by atoms with E-state index in [9.17, 15) is 4.79 Å². The molecule has 0 spiro atoms. The van der Waals surface area contributed by atoms with Crippen molar-refractivity contribution in [1.82, 2.24) is 15.5 Å². The maximum Gasteiger partial charge on any atom is 0.271 e. The molecule has 112 valence electrons. The molecule has 0 fully saturated rings. The molecule has 0 radical (unpaired) electrons. The summed E-state index contributed by atoms with van der Waals surface area (Å²) in [6, 6.07) is 12.4. The van der Waals surface area contributed by atoms with E-state index in [1.165, 1.54) is 0 Å². The van der Waals surface area contributed by atoms with Crippen molar-refractivity contribution in [3.8, 4) is 6.07 Å². The number of rotatable bonds is 5. The summed E-state index contributed by atoms with van der Waals surface area (Å²) in [5, 5.41) is 22.6. The summed E-state index contributed by atoms with van der Waals surface area (Å²) in [5.74, 6) is 0.653. The minimum atomic E-state index is -0.237. The fourth-order valence-corrected chi connectivity index (χ4v) is 1.72. The van der Waals surface area contributed by atoms with Gasteiger partial charge in [0, 0.05) is 12.2 Å². The van der Waals surface area contributed by atoms with E-state index in [1.54, 1.807) is 30.3 Å². The van der Waals surface area contributed by atoms with Gasteiger partial charge in [-0.25, -0.2) is 0 Å². The summed E-state index contributed by atoms with van der Waals surface area (Å²) in [4.78, 5) is 11.8. The highest BCUT2D eigenvalue weighted by atomic mass is 16.1. The van der Waals surface area contributed by atoms with Crippen LogP contribution in [0.4, 0.5) is 11.5 Å². The molecule has 1 aromatic carbocycles. The number of aromatic nitrogens is 2. The van der Waals surface area contributed by atoms with E-state index < -0.39 is 0 Å². The molecule has 0 aliphatic heterocycles. The standard InChI is InChI=1S/C16H17N5O/c1-11(2)10-18-16(22)14-6-7-15(21-20-14)19-13-5-3-4-12(8-13)9-17/h3-8,11H,10H2,1-2H3,(H,18,22)(H,19,21). The molecule has 0 bridgehead atoms. The Hall–Kier alpha value is -2.94. The van der Waals surface area contributed by atoms with Gasteiger partial charge in [-0.15, -0.1) is 10.2 Å². The van der Waals surface area contributed by atoms with Gasteiger partial charge in [0.1, 0.15) is 0 Å². The Kier molecular flexibility index (Phi) is 5.04. The largest absolute Gasteiger partial charge is 0.350 e. The Morgan fingerprint density at radius 1 is 1.27 bits per heavy atom. The van der Waals surface area contributed by atoms with Gasteiger partial charge in [-0.3, -0.25) is 4.79 Å². The first-order chi connectivity index (χ1) is 10.6. The second kappa shape index (κ2) is 7.18. The molecule has 0 aliphatic carbocycles. The average molecular weight is 295 g/mol. The molecule has 0 atom stereocenters. The Balaban J connectivity index is 2.02. The number of anilines is 2. The lowest BCUT2D eigenvalue weighted by Gasteiger charge is -2.08. The zero-order chi connectivity index (χ0) is 15.9. The number of nitrogens with zero attached hydrogens (tertiary/aromatic N) is 3. The highest BCUT2D eigenvalue weighted by Crippen LogP contribution is 2.15. The van der Waals surface area contributed by atoms with E-state index in [-0.39, 0.29) is 11.6 Å². The van der Waals surface area contributed by atoms with E-state index >= 15 is 0 Å². The zero-order valence-electron chi connectivity index (χ0n) is 12.5. The smallest absolute Gasteiger partial charge is 0.271 e. The lowest BCUT2D eigenvalue weighted by molar-refractivity contribution is 0.0943. The Morgan fingerprint density at radius 3 is 2.73 bits per heavy atom. The number of nitriles is 1. The molecule has 2 rings (SSSR count). The molecular weight excluding hydrogens is 278 g/mol. The number of nitrogens with one attached hydrogen (secondary N) is 2. The molecule has 6 nitrogen and oxygen atoms in total. The lowest BCUT2D eigenvalue weighted by Crippen LogP contribution is -2.28. The van der Waals surface area contributed by atoms with Crippen LogP contribution in [0.1, 0.15) is 29.9 Å². The van der Waals surface area contributed by atoms with Crippen LogP contribution in [0.25, 0.3) is 0 Å². The third kappa shape index (κ3) is 4.28. The Morgan fingerprint density at radius 2 is 2.09 bits per heavy atom. The van der Waals surface area contributed by atoms with E-state index in [1.807, 2.05) is 19.9 Å². The third-order valence-electron chi connectivity index (χ3n) is 2.83. The van der Waals surface area contributed by atoms with Crippen molar-refractivity contribution >= 4 is 17.4 Å². The molecule has 6 heteroatoms. The topological polar surface area (TPSA) is 90.7 Å². The van der Waals surface area contributed by atoms with Gasteiger partial charge in [0.05, 0.1) is 11.6 Å². The number of carbonyl (C=O) groups is 1. The normalized spacial score (nSPS) is 10.1. The van der Waals surface area contributed by atoms with Crippen molar-refractivity contribution < 1.29 is 4.79 Å². The summed E-state index contributed by atoms with van der Waals surface area (Å²) >= 11 is 0. The van der Waals surface area contributed by atoms with Crippen LogP contribution in [0.15, 0.2) is 36.4 Å². The van der Waals surface area contributed by atoms with Crippen molar-refractivity contribution in [2.75, 3.05) is 11.9 Å². The first kappa shape index (κ1) is 15.4. The minimum Gasteiger partial charge on any atom is -0.350 e. The summed E-state index contributed by atoms with van der Waals surface area (Å²) in [5.41, 5.74) is 1.57. The van der Waals surface area contributed by atoms with Crippen molar-refractivity contribution in [2.24, 2.45) is 5.92 Å². The molecule has 22 heavy (non-hydrogen) atoms. The van der Waals surface area contributed by atoms with Gasteiger partial charge in [-0.1, -0.05) is 19.9 Å².